The van der Waals surface area contributed by atoms with Gasteiger partial charge in [0.15, 0.2) is 0 Å². The second kappa shape index (κ2) is 7.41. The smallest absolute Gasteiger partial charge is 0.224 e. The number of hydrogen-bond acceptors (Lipinski definition) is 1. The molecule has 1 aliphatic carbocycles. The lowest BCUT2D eigenvalue weighted by Gasteiger charge is -2.15. The zero-order chi connectivity index (χ0) is 14.5. The van der Waals surface area contributed by atoms with Gasteiger partial charge in [-0.3, -0.25) is 4.79 Å². The van der Waals surface area contributed by atoms with Gasteiger partial charge in [0.25, 0.3) is 0 Å². The van der Waals surface area contributed by atoms with E-state index in [9.17, 15) is 9.18 Å². The van der Waals surface area contributed by atoms with Crippen molar-refractivity contribution in [3.05, 3.63) is 27.4 Å². The minimum atomic E-state index is -0.427. The van der Waals surface area contributed by atoms with Crippen LogP contribution < -0.4 is 5.32 Å². The van der Waals surface area contributed by atoms with Crippen LogP contribution in [0.15, 0.2) is 16.6 Å². The van der Waals surface area contributed by atoms with E-state index in [0.29, 0.717) is 22.5 Å². The Kier molecular flexibility index (Phi) is 5.85. The third kappa shape index (κ3) is 4.45. The summed E-state index contributed by atoms with van der Waals surface area (Å²) in [7, 11) is 0. The zero-order valence-electron chi connectivity index (χ0n) is 11.2. The third-order valence-electron chi connectivity index (χ3n) is 3.72. The quantitative estimate of drug-likeness (QED) is 0.703. The van der Waals surface area contributed by atoms with Gasteiger partial charge in [0.2, 0.25) is 5.91 Å². The van der Waals surface area contributed by atoms with E-state index in [4.69, 9.17) is 11.6 Å². The fourth-order valence-corrected chi connectivity index (χ4v) is 3.58. The van der Waals surface area contributed by atoms with Crippen LogP contribution >= 0.6 is 27.5 Å². The van der Waals surface area contributed by atoms with Crippen molar-refractivity contribution in [3.8, 4) is 0 Å². The Bertz CT molecular complexity index is 464. The average molecular weight is 363 g/mol. The molecule has 5 heteroatoms. The predicted octanol–water partition coefficient (Wildman–Crippen LogP) is 5.54. The number of anilines is 1. The maximum Gasteiger partial charge on any atom is 0.224 e. The molecule has 1 saturated carbocycles. The molecule has 0 spiro atoms. The van der Waals surface area contributed by atoms with E-state index in [0.717, 1.165) is 12.8 Å². The highest BCUT2D eigenvalue weighted by molar-refractivity contribution is 9.10. The van der Waals surface area contributed by atoms with Gasteiger partial charge in [-0.05, 0) is 46.8 Å². The molecule has 1 aromatic rings. The number of carbonyl (C=O) groups excluding carboxylic acids is 1. The lowest BCUT2D eigenvalue weighted by molar-refractivity contribution is -0.117. The number of nitrogens with one attached hydrogen (secondary N) is 1. The van der Waals surface area contributed by atoms with Crippen molar-refractivity contribution >= 4 is 39.1 Å². The number of amides is 1. The van der Waals surface area contributed by atoms with Gasteiger partial charge in [-0.1, -0.05) is 37.3 Å². The van der Waals surface area contributed by atoms with Gasteiger partial charge in [0, 0.05) is 10.9 Å². The first-order valence-corrected chi connectivity index (χ1v) is 8.18. The first kappa shape index (κ1) is 15.8. The summed E-state index contributed by atoms with van der Waals surface area (Å²) in [5.41, 5.74) is 0.451. The first-order chi connectivity index (χ1) is 9.56. The van der Waals surface area contributed by atoms with Crippen molar-refractivity contribution in [3.63, 3.8) is 0 Å². The highest BCUT2D eigenvalue weighted by Crippen LogP contribution is 2.32. The van der Waals surface area contributed by atoms with Gasteiger partial charge in [-0.25, -0.2) is 4.39 Å². The Balaban J connectivity index is 1.97. The van der Waals surface area contributed by atoms with Crippen LogP contribution in [0.4, 0.5) is 10.1 Å². The number of carbonyl (C=O) groups is 1. The average Bonchev–Trinajstić information content (AvgIpc) is 2.62. The molecule has 1 N–H and O–H groups in total. The van der Waals surface area contributed by atoms with E-state index in [1.807, 2.05) is 0 Å². The summed E-state index contributed by atoms with van der Waals surface area (Å²) in [6.45, 7) is 0. The van der Waals surface area contributed by atoms with Crippen LogP contribution in [0, 0.1) is 11.7 Å². The lowest BCUT2D eigenvalue weighted by atomic mass is 9.96. The molecule has 0 atom stereocenters. The first-order valence-electron chi connectivity index (χ1n) is 7.00. The van der Waals surface area contributed by atoms with Gasteiger partial charge >= 0.3 is 0 Å². The molecule has 1 aliphatic rings. The van der Waals surface area contributed by atoms with Crippen LogP contribution in [0.3, 0.4) is 0 Å². The van der Waals surface area contributed by atoms with Crippen LogP contribution in [0.25, 0.3) is 0 Å². The molecule has 0 bridgehead atoms. The Labute approximate surface area is 132 Å². The van der Waals surface area contributed by atoms with Crippen molar-refractivity contribution in [2.45, 2.75) is 44.9 Å². The largest absolute Gasteiger partial charge is 0.324 e. The zero-order valence-corrected chi connectivity index (χ0v) is 13.6. The van der Waals surface area contributed by atoms with E-state index in [1.165, 1.54) is 37.8 Å². The number of hydrogen-bond donors (Lipinski definition) is 1. The fourth-order valence-electron chi connectivity index (χ4n) is 2.68. The minimum Gasteiger partial charge on any atom is -0.324 e. The molecule has 0 radical (unpaired) electrons. The van der Waals surface area contributed by atoms with Crippen LogP contribution in [-0.4, -0.2) is 5.91 Å². The Morgan fingerprint density at radius 3 is 2.55 bits per heavy atom. The topological polar surface area (TPSA) is 29.1 Å². The van der Waals surface area contributed by atoms with E-state index in [-0.39, 0.29) is 10.9 Å². The van der Waals surface area contributed by atoms with Gasteiger partial charge in [0.1, 0.15) is 5.82 Å². The molecule has 0 heterocycles. The molecule has 1 aromatic carbocycles. The number of rotatable bonds is 3. The van der Waals surface area contributed by atoms with Crippen molar-refractivity contribution in [2.75, 3.05) is 5.32 Å². The summed E-state index contributed by atoms with van der Waals surface area (Å²) in [6, 6.07) is 2.50. The molecule has 0 saturated heterocycles. The van der Waals surface area contributed by atoms with Crippen LogP contribution in [0.5, 0.6) is 0 Å². The lowest BCUT2D eigenvalue weighted by Crippen LogP contribution is -2.17. The standard InChI is InChI=1S/C15H18BrClFNO/c16-12-8-11(18)9-13(17)15(12)19-14(20)7-10-5-3-1-2-4-6-10/h8-10H,1-7H2,(H,19,20). The molecular weight excluding hydrogens is 345 g/mol. The minimum absolute atomic E-state index is 0.0499. The van der Waals surface area contributed by atoms with E-state index in [1.54, 1.807) is 0 Å². The summed E-state index contributed by atoms with van der Waals surface area (Å²) in [5, 5.41) is 3.00. The maximum absolute atomic E-state index is 13.1. The van der Waals surface area contributed by atoms with E-state index >= 15 is 0 Å². The molecule has 110 valence electrons. The molecule has 1 fully saturated rings. The van der Waals surface area contributed by atoms with Crippen molar-refractivity contribution < 1.29 is 9.18 Å². The molecule has 1 amide bonds. The highest BCUT2D eigenvalue weighted by Gasteiger charge is 2.18. The van der Waals surface area contributed by atoms with Crippen molar-refractivity contribution in [1.29, 1.82) is 0 Å². The summed E-state index contributed by atoms with van der Waals surface area (Å²) in [5.74, 6) is -0.0229. The summed E-state index contributed by atoms with van der Waals surface area (Å²) in [4.78, 5) is 12.1. The van der Waals surface area contributed by atoms with Crippen molar-refractivity contribution in [2.24, 2.45) is 5.92 Å². The highest BCUT2D eigenvalue weighted by atomic mass is 79.9. The number of halogens is 3. The second-order valence-corrected chi connectivity index (χ2v) is 6.62. The van der Waals surface area contributed by atoms with Gasteiger partial charge in [0.05, 0.1) is 10.7 Å². The number of benzene rings is 1. The molecule has 20 heavy (non-hydrogen) atoms. The third-order valence-corrected chi connectivity index (χ3v) is 4.64. The molecule has 2 rings (SSSR count). The summed E-state index contributed by atoms with van der Waals surface area (Å²) < 4.78 is 13.6. The van der Waals surface area contributed by atoms with Crippen LogP contribution in [-0.2, 0) is 4.79 Å². The predicted molar refractivity (Wildman–Crippen MR) is 83.5 cm³/mol. The molecular formula is C15H18BrClFNO. The van der Waals surface area contributed by atoms with Gasteiger partial charge in [-0.2, -0.15) is 0 Å². The fraction of sp³-hybridized carbons (Fsp3) is 0.533. The van der Waals surface area contributed by atoms with Crippen molar-refractivity contribution in [1.82, 2.24) is 0 Å². The molecule has 2 nitrogen and oxygen atoms in total. The normalized spacial score (nSPS) is 16.8. The summed E-state index contributed by atoms with van der Waals surface area (Å²) in [6.07, 6.45) is 7.70. The maximum atomic E-state index is 13.1. The molecule has 0 aliphatic heterocycles. The van der Waals surface area contributed by atoms with Gasteiger partial charge < -0.3 is 5.32 Å². The summed E-state index contributed by atoms with van der Waals surface area (Å²) >= 11 is 9.19. The SMILES string of the molecule is O=C(CC1CCCCCC1)Nc1c(Cl)cc(F)cc1Br. The van der Waals surface area contributed by atoms with Crippen LogP contribution in [0.2, 0.25) is 5.02 Å². The second-order valence-electron chi connectivity index (χ2n) is 5.35. The van der Waals surface area contributed by atoms with Crippen LogP contribution in [0.1, 0.15) is 44.9 Å². The van der Waals surface area contributed by atoms with E-state index < -0.39 is 5.82 Å². The van der Waals surface area contributed by atoms with Gasteiger partial charge in [-0.15, -0.1) is 0 Å². The Hall–Kier alpha value is -0.610. The molecule has 0 aromatic heterocycles. The Morgan fingerprint density at radius 2 is 1.95 bits per heavy atom. The Morgan fingerprint density at radius 1 is 1.30 bits per heavy atom. The monoisotopic (exact) mass is 361 g/mol. The van der Waals surface area contributed by atoms with E-state index in [2.05, 4.69) is 21.2 Å². The molecule has 0 unspecified atom stereocenters.